The molecule has 5 heteroatoms. The van der Waals surface area contributed by atoms with Crippen molar-refractivity contribution in [3.05, 3.63) is 17.3 Å². The summed E-state index contributed by atoms with van der Waals surface area (Å²) in [5, 5.41) is 4.84. The number of aryl methyl sites for hydroxylation is 2. The molecule has 0 aliphatic heterocycles. The summed E-state index contributed by atoms with van der Waals surface area (Å²) in [6.45, 7) is 3.38. The van der Waals surface area contributed by atoms with Crippen molar-refractivity contribution < 1.29 is 4.79 Å². The number of hydrogen-bond acceptors (Lipinski definition) is 4. The van der Waals surface area contributed by atoms with E-state index >= 15 is 0 Å². The van der Waals surface area contributed by atoms with Gasteiger partial charge in [-0.1, -0.05) is 0 Å². The van der Waals surface area contributed by atoms with Crippen LogP contribution in [0.1, 0.15) is 22.8 Å². The lowest BCUT2D eigenvalue weighted by Gasteiger charge is -2.02. The number of aromatic nitrogens is 3. The van der Waals surface area contributed by atoms with Crippen LogP contribution in [0.5, 0.6) is 0 Å². The maximum atomic E-state index is 11.3. The number of nitrogens with zero attached hydrogens (tertiary/aromatic N) is 3. The SMILES string of the molecule is CC(=O)c1cnc2c(c(N)nn2C)c1C. The van der Waals surface area contributed by atoms with Crippen LogP contribution in [-0.2, 0) is 7.05 Å². The molecule has 0 saturated heterocycles. The minimum absolute atomic E-state index is 0.00912. The fourth-order valence-corrected chi connectivity index (χ4v) is 1.76. The zero-order valence-corrected chi connectivity index (χ0v) is 8.90. The normalized spacial score (nSPS) is 10.9. The molecule has 15 heavy (non-hydrogen) atoms. The second-order valence-electron chi connectivity index (χ2n) is 3.56. The maximum absolute atomic E-state index is 11.3. The Bertz CT molecular complexity index is 556. The van der Waals surface area contributed by atoms with Crippen LogP contribution in [0.15, 0.2) is 6.20 Å². The molecule has 2 heterocycles. The van der Waals surface area contributed by atoms with Gasteiger partial charge < -0.3 is 5.73 Å². The fraction of sp³-hybridized carbons (Fsp3) is 0.300. The molecule has 0 fully saturated rings. The summed E-state index contributed by atoms with van der Waals surface area (Å²) in [6.07, 6.45) is 1.57. The van der Waals surface area contributed by atoms with E-state index in [0.29, 0.717) is 17.0 Å². The Labute approximate surface area is 86.9 Å². The Balaban J connectivity index is 2.89. The largest absolute Gasteiger partial charge is 0.382 e. The molecule has 0 amide bonds. The Kier molecular flexibility index (Phi) is 1.96. The van der Waals surface area contributed by atoms with E-state index in [-0.39, 0.29) is 5.78 Å². The third-order valence-electron chi connectivity index (χ3n) is 2.52. The Morgan fingerprint density at radius 2 is 2.20 bits per heavy atom. The van der Waals surface area contributed by atoms with Crippen molar-refractivity contribution in [2.45, 2.75) is 13.8 Å². The molecule has 0 bridgehead atoms. The quantitative estimate of drug-likeness (QED) is 0.705. The molecule has 2 N–H and O–H groups in total. The first-order valence-electron chi connectivity index (χ1n) is 4.61. The van der Waals surface area contributed by atoms with Crippen LogP contribution in [0.4, 0.5) is 5.82 Å². The summed E-state index contributed by atoms with van der Waals surface area (Å²) in [5.74, 6) is 0.408. The van der Waals surface area contributed by atoms with E-state index in [1.54, 1.807) is 17.9 Å². The van der Waals surface area contributed by atoms with Gasteiger partial charge in [0.1, 0.15) is 0 Å². The van der Waals surface area contributed by atoms with Gasteiger partial charge in [-0.15, -0.1) is 0 Å². The fourth-order valence-electron chi connectivity index (χ4n) is 1.76. The lowest BCUT2D eigenvalue weighted by atomic mass is 10.1. The van der Waals surface area contributed by atoms with Gasteiger partial charge >= 0.3 is 0 Å². The minimum atomic E-state index is -0.00912. The highest BCUT2D eigenvalue weighted by atomic mass is 16.1. The minimum Gasteiger partial charge on any atom is -0.382 e. The highest BCUT2D eigenvalue weighted by Crippen LogP contribution is 2.24. The van der Waals surface area contributed by atoms with E-state index in [1.807, 2.05) is 6.92 Å². The number of nitrogens with two attached hydrogens (primary N) is 1. The van der Waals surface area contributed by atoms with Crippen LogP contribution in [-0.4, -0.2) is 20.5 Å². The van der Waals surface area contributed by atoms with Gasteiger partial charge in [-0.3, -0.25) is 4.79 Å². The second-order valence-corrected chi connectivity index (χ2v) is 3.56. The van der Waals surface area contributed by atoms with Crippen molar-refractivity contribution in [1.82, 2.24) is 14.8 Å². The predicted molar refractivity (Wildman–Crippen MR) is 57.7 cm³/mol. The number of rotatable bonds is 1. The van der Waals surface area contributed by atoms with E-state index < -0.39 is 0 Å². The van der Waals surface area contributed by atoms with Gasteiger partial charge in [-0.2, -0.15) is 5.10 Å². The van der Waals surface area contributed by atoms with Gasteiger partial charge in [0.05, 0.1) is 5.39 Å². The Morgan fingerprint density at radius 1 is 1.53 bits per heavy atom. The molecule has 0 unspecified atom stereocenters. The lowest BCUT2D eigenvalue weighted by molar-refractivity contribution is 0.101. The lowest BCUT2D eigenvalue weighted by Crippen LogP contribution is -1.99. The van der Waals surface area contributed by atoms with Crippen LogP contribution in [0.3, 0.4) is 0 Å². The number of carbonyl (C=O) groups is 1. The van der Waals surface area contributed by atoms with Crippen LogP contribution in [0, 0.1) is 6.92 Å². The van der Waals surface area contributed by atoms with Crippen LogP contribution in [0.25, 0.3) is 11.0 Å². The molecule has 2 aromatic rings. The molecule has 5 nitrogen and oxygen atoms in total. The average Bonchev–Trinajstić information content (AvgIpc) is 2.43. The van der Waals surface area contributed by atoms with Crippen molar-refractivity contribution in [3.63, 3.8) is 0 Å². The van der Waals surface area contributed by atoms with E-state index in [1.165, 1.54) is 6.92 Å². The molecule has 0 aromatic carbocycles. The van der Waals surface area contributed by atoms with E-state index in [0.717, 1.165) is 10.9 Å². The third kappa shape index (κ3) is 1.27. The van der Waals surface area contributed by atoms with Crippen molar-refractivity contribution in [3.8, 4) is 0 Å². The van der Waals surface area contributed by atoms with E-state index in [2.05, 4.69) is 10.1 Å². The number of ketones is 1. The van der Waals surface area contributed by atoms with Crippen molar-refractivity contribution in [1.29, 1.82) is 0 Å². The Morgan fingerprint density at radius 3 is 2.80 bits per heavy atom. The number of anilines is 1. The Hall–Kier alpha value is -1.91. The molecule has 0 aliphatic rings. The zero-order chi connectivity index (χ0) is 11.2. The molecule has 0 aliphatic carbocycles. The second kappa shape index (κ2) is 3.05. The van der Waals surface area contributed by atoms with E-state index in [4.69, 9.17) is 5.73 Å². The third-order valence-corrected chi connectivity index (χ3v) is 2.52. The first kappa shape index (κ1) is 9.64. The first-order valence-corrected chi connectivity index (χ1v) is 4.61. The van der Waals surface area contributed by atoms with Gasteiger partial charge in [0.25, 0.3) is 0 Å². The highest BCUT2D eigenvalue weighted by Gasteiger charge is 2.14. The van der Waals surface area contributed by atoms with Gasteiger partial charge in [-0.05, 0) is 19.4 Å². The number of Topliss-reactive ketones (excluding diaryl/α,β-unsaturated/α-hetero) is 1. The number of pyridine rings is 1. The monoisotopic (exact) mass is 204 g/mol. The molecular formula is C10H12N4O. The topological polar surface area (TPSA) is 73.8 Å². The number of nitrogen functional groups attached to an aromatic ring is 1. The standard InChI is InChI=1S/C10H12N4O/c1-5-7(6(2)15)4-12-10-8(5)9(11)13-14(10)3/h4H,1-3H3,(H2,11,13). The zero-order valence-electron chi connectivity index (χ0n) is 8.90. The molecule has 78 valence electrons. The van der Waals surface area contributed by atoms with Gasteiger partial charge in [0, 0.05) is 18.8 Å². The van der Waals surface area contributed by atoms with Crippen molar-refractivity contribution in [2.24, 2.45) is 7.05 Å². The molecule has 2 aromatic heterocycles. The summed E-state index contributed by atoms with van der Waals surface area (Å²) < 4.78 is 1.61. The van der Waals surface area contributed by atoms with Crippen molar-refractivity contribution >= 4 is 22.6 Å². The van der Waals surface area contributed by atoms with Crippen LogP contribution >= 0.6 is 0 Å². The summed E-state index contributed by atoms with van der Waals surface area (Å²) >= 11 is 0. The molecule has 0 saturated carbocycles. The van der Waals surface area contributed by atoms with Gasteiger partial charge in [-0.25, -0.2) is 9.67 Å². The molecule has 0 atom stereocenters. The van der Waals surface area contributed by atoms with Crippen LogP contribution in [0.2, 0.25) is 0 Å². The van der Waals surface area contributed by atoms with E-state index in [9.17, 15) is 4.79 Å². The summed E-state index contributed by atoms with van der Waals surface area (Å²) in [6, 6.07) is 0. The summed E-state index contributed by atoms with van der Waals surface area (Å²) in [5.41, 5.74) is 7.91. The average molecular weight is 204 g/mol. The molecular weight excluding hydrogens is 192 g/mol. The number of hydrogen-bond donors (Lipinski definition) is 1. The predicted octanol–water partition coefficient (Wildman–Crippen LogP) is 1.06. The molecule has 0 radical (unpaired) electrons. The number of carbonyl (C=O) groups excluding carboxylic acids is 1. The molecule has 0 spiro atoms. The highest BCUT2D eigenvalue weighted by molar-refractivity contribution is 6.01. The smallest absolute Gasteiger partial charge is 0.161 e. The summed E-state index contributed by atoms with van der Waals surface area (Å²) in [4.78, 5) is 15.5. The van der Waals surface area contributed by atoms with Gasteiger partial charge in [0.15, 0.2) is 17.2 Å². The summed E-state index contributed by atoms with van der Waals surface area (Å²) in [7, 11) is 1.78. The maximum Gasteiger partial charge on any atom is 0.161 e. The first-order chi connectivity index (χ1) is 7.02. The van der Waals surface area contributed by atoms with Crippen LogP contribution < -0.4 is 5.73 Å². The number of fused-ring (bicyclic) bond motifs is 1. The van der Waals surface area contributed by atoms with Gasteiger partial charge in [0.2, 0.25) is 0 Å². The van der Waals surface area contributed by atoms with Crippen molar-refractivity contribution in [2.75, 3.05) is 5.73 Å². The molecule has 2 rings (SSSR count).